The standard InChI is InChI=1S/C22H26N2O3/c1-16-4-6-17(7-5-16)14-24-10-2-3-18(15-24)22(25)23-19-8-9-20-21(13-19)27-12-11-26-20/h4-9,13,18H,2-3,10-12,14-15H2,1H3,(H,23,25). The molecule has 1 unspecified atom stereocenters. The van der Waals surface area contributed by atoms with E-state index in [2.05, 4.69) is 41.4 Å². The van der Waals surface area contributed by atoms with Crippen LogP contribution in [-0.4, -0.2) is 37.1 Å². The van der Waals surface area contributed by atoms with Gasteiger partial charge in [-0.25, -0.2) is 0 Å². The van der Waals surface area contributed by atoms with Crippen LogP contribution in [0.1, 0.15) is 24.0 Å². The Morgan fingerprint density at radius 3 is 2.70 bits per heavy atom. The van der Waals surface area contributed by atoms with E-state index in [9.17, 15) is 4.79 Å². The zero-order valence-electron chi connectivity index (χ0n) is 15.7. The van der Waals surface area contributed by atoms with Crippen LogP contribution < -0.4 is 14.8 Å². The topological polar surface area (TPSA) is 50.8 Å². The molecule has 1 saturated heterocycles. The smallest absolute Gasteiger partial charge is 0.228 e. The van der Waals surface area contributed by atoms with Crippen molar-refractivity contribution in [1.82, 2.24) is 4.90 Å². The third-order valence-electron chi connectivity index (χ3n) is 5.21. The van der Waals surface area contributed by atoms with Crippen LogP contribution in [0.2, 0.25) is 0 Å². The van der Waals surface area contributed by atoms with Crippen LogP contribution in [0, 0.1) is 12.8 Å². The van der Waals surface area contributed by atoms with E-state index in [1.165, 1.54) is 11.1 Å². The molecule has 4 rings (SSSR count). The molecule has 1 N–H and O–H groups in total. The summed E-state index contributed by atoms with van der Waals surface area (Å²) < 4.78 is 11.1. The predicted molar refractivity (Wildman–Crippen MR) is 105 cm³/mol. The zero-order chi connectivity index (χ0) is 18.6. The maximum Gasteiger partial charge on any atom is 0.228 e. The van der Waals surface area contributed by atoms with Crippen molar-refractivity contribution in [1.29, 1.82) is 0 Å². The van der Waals surface area contributed by atoms with Crippen LogP contribution in [0.5, 0.6) is 11.5 Å². The number of likely N-dealkylation sites (tertiary alicyclic amines) is 1. The number of rotatable bonds is 4. The molecule has 27 heavy (non-hydrogen) atoms. The van der Waals surface area contributed by atoms with E-state index in [0.717, 1.165) is 43.9 Å². The lowest BCUT2D eigenvalue weighted by atomic mass is 9.96. The Hall–Kier alpha value is -2.53. The van der Waals surface area contributed by atoms with E-state index in [1.807, 2.05) is 18.2 Å². The molecule has 0 aromatic heterocycles. The van der Waals surface area contributed by atoms with Gasteiger partial charge in [0.05, 0.1) is 5.92 Å². The summed E-state index contributed by atoms with van der Waals surface area (Å²) in [5.74, 6) is 1.53. The van der Waals surface area contributed by atoms with Crippen molar-refractivity contribution in [2.75, 3.05) is 31.6 Å². The molecule has 2 aromatic rings. The third kappa shape index (κ3) is 4.42. The summed E-state index contributed by atoms with van der Waals surface area (Å²) in [4.78, 5) is 15.1. The summed E-state index contributed by atoms with van der Waals surface area (Å²) in [5.41, 5.74) is 3.34. The highest BCUT2D eigenvalue weighted by Crippen LogP contribution is 2.33. The number of amides is 1. The molecule has 2 heterocycles. The van der Waals surface area contributed by atoms with Gasteiger partial charge in [-0.15, -0.1) is 0 Å². The second-order valence-electron chi connectivity index (χ2n) is 7.41. The van der Waals surface area contributed by atoms with Crippen molar-refractivity contribution in [2.45, 2.75) is 26.3 Å². The van der Waals surface area contributed by atoms with Crippen LogP contribution in [-0.2, 0) is 11.3 Å². The van der Waals surface area contributed by atoms with Crippen LogP contribution in [0.3, 0.4) is 0 Å². The minimum atomic E-state index is 0.0115. The number of benzene rings is 2. The quantitative estimate of drug-likeness (QED) is 0.898. The summed E-state index contributed by atoms with van der Waals surface area (Å²) in [5, 5.41) is 3.05. The first-order valence-electron chi connectivity index (χ1n) is 9.66. The lowest BCUT2D eigenvalue weighted by Crippen LogP contribution is -2.40. The van der Waals surface area contributed by atoms with Crippen molar-refractivity contribution in [2.24, 2.45) is 5.92 Å². The molecule has 1 amide bonds. The van der Waals surface area contributed by atoms with E-state index in [4.69, 9.17) is 9.47 Å². The van der Waals surface area contributed by atoms with Gasteiger partial charge in [-0.1, -0.05) is 29.8 Å². The number of fused-ring (bicyclic) bond motifs is 1. The predicted octanol–water partition coefficient (Wildman–Crippen LogP) is 3.62. The van der Waals surface area contributed by atoms with Gasteiger partial charge in [-0.05, 0) is 44.0 Å². The number of anilines is 1. The van der Waals surface area contributed by atoms with Crippen LogP contribution in [0.4, 0.5) is 5.69 Å². The molecule has 5 nitrogen and oxygen atoms in total. The Morgan fingerprint density at radius 1 is 1.11 bits per heavy atom. The maximum atomic E-state index is 12.8. The number of carbonyl (C=O) groups excluding carboxylic acids is 1. The second kappa shape index (κ2) is 8.01. The summed E-state index contributed by atoms with van der Waals surface area (Å²) >= 11 is 0. The van der Waals surface area contributed by atoms with Crippen LogP contribution >= 0.6 is 0 Å². The van der Waals surface area contributed by atoms with Crippen LogP contribution in [0.15, 0.2) is 42.5 Å². The van der Waals surface area contributed by atoms with E-state index >= 15 is 0 Å². The van der Waals surface area contributed by atoms with Crippen molar-refractivity contribution >= 4 is 11.6 Å². The van der Waals surface area contributed by atoms with Gasteiger partial charge in [0.2, 0.25) is 5.91 Å². The second-order valence-corrected chi connectivity index (χ2v) is 7.41. The molecule has 1 fully saturated rings. The first-order valence-corrected chi connectivity index (χ1v) is 9.66. The molecule has 0 bridgehead atoms. The Labute approximate surface area is 160 Å². The molecule has 0 saturated carbocycles. The normalized spacial score (nSPS) is 19.5. The van der Waals surface area contributed by atoms with Gasteiger partial charge >= 0.3 is 0 Å². The number of hydrogen-bond donors (Lipinski definition) is 1. The van der Waals surface area contributed by atoms with Crippen molar-refractivity contribution < 1.29 is 14.3 Å². The minimum Gasteiger partial charge on any atom is -0.486 e. The Morgan fingerprint density at radius 2 is 1.89 bits per heavy atom. The molecule has 2 aliphatic heterocycles. The van der Waals surface area contributed by atoms with E-state index < -0.39 is 0 Å². The Kier molecular flexibility index (Phi) is 5.30. The average Bonchev–Trinajstić information content (AvgIpc) is 2.70. The molecule has 0 radical (unpaired) electrons. The third-order valence-corrected chi connectivity index (χ3v) is 5.21. The highest BCUT2D eigenvalue weighted by atomic mass is 16.6. The number of nitrogens with one attached hydrogen (secondary N) is 1. The molecular weight excluding hydrogens is 340 g/mol. The highest BCUT2D eigenvalue weighted by Gasteiger charge is 2.26. The molecule has 142 valence electrons. The van der Waals surface area contributed by atoms with Crippen molar-refractivity contribution in [3.8, 4) is 11.5 Å². The molecule has 1 atom stereocenters. The summed E-state index contributed by atoms with van der Waals surface area (Å²) in [7, 11) is 0. The lowest BCUT2D eigenvalue weighted by Gasteiger charge is -2.32. The monoisotopic (exact) mass is 366 g/mol. The first-order chi connectivity index (χ1) is 13.2. The van der Waals surface area contributed by atoms with E-state index in [-0.39, 0.29) is 11.8 Å². The van der Waals surface area contributed by atoms with Gasteiger partial charge < -0.3 is 14.8 Å². The number of hydrogen-bond acceptors (Lipinski definition) is 4. The largest absolute Gasteiger partial charge is 0.486 e. The number of piperidine rings is 1. The van der Waals surface area contributed by atoms with Crippen molar-refractivity contribution in [3.05, 3.63) is 53.6 Å². The molecule has 0 spiro atoms. The lowest BCUT2D eigenvalue weighted by molar-refractivity contribution is -0.121. The minimum absolute atomic E-state index is 0.0115. The van der Waals surface area contributed by atoms with Gasteiger partial charge in [0.15, 0.2) is 11.5 Å². The van der Waals surface area contributed by atoms with Gasteiger partial charge in [-0.2, -0.15) is 0 Å². The molecule has 0 aliphatic carbocycles. The molecule has 5 heteroatoms. The van der Waals surface area contributed by atoms with Gasteiger partial charge in [0, 0.05) is 24.8 Å². The fourth-order valence-corrected chi connectivity index (χ4v) is 3.73. The Balaban J connectivity index is 1.36. The number of nitrogens with zero attached hydrogens (tertiary/aromatic N) is 1. The summed E-state index contributed by atoms with van der Waals surface area (Å²) in [6.45, 7) is 5.95. The average molecular weight is 366 g/mol. The first kappa shape index (κ1) is 17.9. The van der Waals surface area contributed by atoms with Crippen LogP contribution in [0.25, 0.3) is 0 Å². The Bertz CT molecular complexity index is 804. The van der Waals surface area contributed by atoms with Gasteiger partial charge in [0.25, 0.3) is 0 Å². The fourth-order valence-electron chi connectivity index (χ4n) is 3.73. The molecule has 2 aliphatic rings. The SMILES string of the molecule is Cc1ccc(CN2CCCC(C(=O)Nc3ccc4c(c3)OCCO4)C2)cc1. The van der Waals surface area contributed by atoms with E-state index in [0.29, 0.717) is 19.0 Å². The number of ether oxygens (including phenoxy) is 2. The summed E-state index contributed by atoms with van der Waals surface area (Å²) in [6.07, 6.45) is 1.98. The van der Waals surface area contributed by atoms with Gasteiger partial charge in [0.1, 0.15) is 13.2 Å². The zero-order valence-corrected chi connectivity index (χ0v) is 15.7. The maximum absolute atomic E-state index is 12.8. The van der Waals surface area contributed by atoms with Crippen molar-refractivity contribution in [3.63, 3.8) is 0 Å². The number of aryl methyl sites for hydroxylation is 1. The van der Waals surface area contributed by atoms with Gasteiger partial charge in [-0.3, -0.25) is 9.69 Å². The molecular formula is C22H26N2O3. The van der Waals surface area contributed by atoms with E-state index in [1.54, 1.807) is 0 Å². The highest BCUT2D eigenvalue weighted by molar-refractivity contribution is 5.93. The summed E-state index contributed by atoms with van der Waals surface area (Å²) in [6, 6.07) is 14.2. The molecule has 2 aromatic carbocycles. The number of carbonyl (C=O) groups is 1. The fraction of sp³-hybridized carbons (Fsp3) is 0.409.